The number of nitrogens with zero attached hydrogens (tertiary/aromatic N) is 1. The van der Waals surface area contributed by atoms with E-state index in [9.17, 15) is 14.4 Å². The summed E-state index contributed by atoms with van der Waals surface area (Å²) in [7, 11) is 0. The van der Waals surface area contributed by atoms with Crippen LogP contribution in [0, 0.1) is 25.2 Å². The van der Waals surface area contributed by atoms with Crippen molar-refractivity contribution in [1.29, 1.82) is 0 Å². The van der Waals surface area contributed by atoms with Crippen molar-refractivity contribution in [3.05, 3.63) is 29.3 Å². The van der Waals surface area contributed by atoms with Crippen molar-refractivity contribution >= 4 is 17.9 Å². The van der Waals surface area contributed by atoms with Gasteiger partial charge in [0.2, 0.25) is 0 Å². The predicted molar refractivity (Wildman–Crippen MR) is 101 cm³/mol. The third-order valence-corrected chi connectivity index (χ3v) is 5.54. The minimum absolute atomic E-state index is 0.0462. The maximum Gasteiger partial charge on any atom is 0.331 e. The number of ether oxygens (including phenoxy) is 1. The van der Waals surface area contributed by atoms with Crippen molar-refractivity contribution in [3.8, 4) is 5.75 Å². The van der Waals surface area contributed by atoms with Crippen LogP contribution in [0.1, 0.15) is 51.2 Å². The lowest BCUT2D eigenvalue weighted by Gasteiger charge is -2.43. The molecule has 1 saturated heterocycles. The summed E-state index contributed by atoms with van der Waals surface area (Å²) < 4.78 is 5.46. The number of para-hydroxylation sites is 1. The van der Waals surface area contributed by atoms with E-state index in [2.05, 4.69) is 26.1 Å². The van der Waals surface area contributed by atoms with Crippen molar-refractivity contribution in [3.63, 3.8) is 0 Å². The average Bonchev–Trinajstić information content (AvgIpc) is 2.72. The minimum atomic E-state index is -0.906. The Morgan fingerprint density at radius 1 is 1.22 bits per heavy atom. The van der Waals surface area contributed by atoms with Crippen LogP contribution in [0.2, 0.25) is 0 Å². The zero-order chi connectivity index (χ0) is 20.0. The highest BCUT2D eigenvalue weighted by Gasteiger charge is 2.56. The number of carbonyl (C=O) groups is 3. The molecule has 1 spiro atoms. The van der Waals surface area contributed by atoms with Gasteiger partial charge in [0, 0.05) is 0 Å². The summed E-state index contributed by atoms with van der Waals surface area (Å²) in [5, 5.41) is 2.88. The van der Waals surface area contributed by atoms with Crippen LogP contribution < -0.4 is 10.1 Å². The quantitative estimate of drug-likeness (QED) is 0.502. The number of imide groups is 1. The average molecular weight is 372 g/mol. The lowest BCUT2D eigenvalue weighted by Crippen LogP contribution is -2.54. The molecule has 1 saturated carbocycles. The Morgan fingerprint density at radius 3 is 2.44 bits per heavy atom. The molecule has 146 valence electrons. The summed E-state index contributed by atoms with van der Waals surface area (Å²) in [5.41, 5.74) is 0.715. The predicted octanol–water partition coefficient (Wildman–Crippen LogP) is 3.35. The van der Waals surface area contributed by atoms with Gasteiger partial charge in [-0.05, 0) is 55.6 Å². The molecule has 3 rings (SSSR count). The smallest absolute Gasteiger partial charge is 0.331 e. The molecule has 0 aromatic heterocycles. The van der Waals surface area contributed by atoms with E-state index in [1.807, 2.05) is 32.0 Å². The van der Waals surface area contributed by atoms with Crippen molar-refractivity contribution < 1.29 is 19.1 Å². The third-order valence-electron chi connectivity index (χ3n) is 5.54. The van der Waals surface area contributed by atoms with Gasteiger partial charge >= 0.3 is 12.0 Å². The second kappa shape index (κ2) is 6.66. The van der Waals surface area contributed by atoms with Crippen LogP contribution in [0.15, 0.2) is 18.2 Å². The summed E-state index contributed by atoms with van der Waals surface area (Å²) in [4.78, 5) is 39.0. The fraction of sp³-hybridized carbons (Fsp3) is 0.571. The highest BCUT2D eigenvalue weighted by atomic mass is 16.5. The number of rotatable bonds is 3. The van der Waals surface area contributed by atoms with Crippen molar-refractivity contribution in [2.75, 3.05) is 6.54 Å². The molecule has 1 heterocycles. The maximum atomic E-state index is 13.1. The van der Waals surface area contributed by atoms with Gasteiger partial charge in [-0.2, -0.15) is 0 Å². The number of amides is 3. The zero-order valence-corrected chi connectivity index (χ0v) is 16.7. The molecule has 0 unspecified atom stereocenters. The van der Waals surface area contributed by atoms with Gasteiger partial charge in [-0.3, -0.25) is 9.69 Å². The molecule has 2 aliphatic rings. The topological polar surface area (TPSA) is 75.7 Å². The van der Waals surface area contributed by atoms with Gasteiger partial charge in [-0.1, -0.05) is 39.0 Å². The highest BCUT2D eigenvalue weighted by molar-refractivity contribution is 6.08. The van der Waals surface area contributed by atoms with E-state index in [1.165, 1.54) is 0 Å². The number of esters is 1. The molecular weight excluding hydrogens is 344 g/mol. The SMILES string of the molecule is Cc1cccc(C)c1OC(=O)CN1C(=O)N[C@@]2(C[C@@H](C)CC(C)(C)C2)C1=O. The Kier molecular flexibility index (Phi) is 4.78. The molecule has 0 bridgehead atoms. The molecule has 1 N–H and O–H groups in total. The summed E-state index contributed by atoms with van der Waals surface area (Å²) in [6.45, 7) is 9.64. The molecule has 1 aromatic rings. The van der Waals surface area contributed by atoms with Gasteiger partial charge in [-0.25, -0.2) is 9.59 Å². The summed E-state index contributed by atoms with van der Waals surface area (Å²) in [6.07, 6.45) is 2.19. The van der Waals surface area contributed by atoms with Crippen LogP contribution >= 0.6 is 0 Å². The molecule has 1 aliphatic heterocycles. The van der Waals surface area contributed by atoms with Crippen LogP contribution in [0.25, 0.3) is 0 Å². The molecular formula is C21H28N2O4. The number of benzene rings is 1. The second-order valence-corrected chi connectivity index (χ2v) is 8.95. The van der Waals surface area contributed by atoms with Crippen LogP contribution in [0.5, 0.6) is 5.75 Å². The normalized spacial score (nSPS) is 27.0. The van der Waals surface area contributed by atoms with E-state index in [0.29, 0.717) is 24.5 Å². The van der Waals surface area contributed by atoms with Gasteiger partial charge in [0.1, 0.15) is 17.8 Å². The number of aryl methyl sites for hydroxylation is 2. The molecule has 6 nitrogen and oxygen atoms in total. The number of hydrogen-bond donors (Lipinski definition) is 1. The van der Waals surface area contributed by atoms with E-state index in [4.69, 9.17) is 4.74 Å². The molecule has 2 fully saturated rings. The molecule has 6 heteroatoms. The van der Waals surface area contributed by atoms with E-state index in [1.54, 1.807) is 0 Å². The molecule has 27 heavy (non-hydrogen) atoms. The fourth-order valence-electron chi connectivity index (χ4n) is 4.88. The summed E-state index contributed by atoms with van der Waals surface area (Å²) in [6, 6.07) is 5.08. The monoisotopic (exact) mass is 372 g/mol. The lowest BCUT2D eigenvalue weighted by atomic mass is 9.64. The van der Waals surface area contributed by atoms with Gasteiger partial charge in [0.15, 0.2) is 0 Å². The largest absolute Gasteiger partial charge is 0.425 e. The van der Waals surface area contributed by atoms with Crippen LogP contribution in [-0.4, -0.2) is 34.9 Å². The van der Waals surface area contributed by atoms with Crippen molar-refractivity contribution in [1.82, 2.24) is 10.2 Å². The fourth-order valence-corrected chi connectivity index (χ4v) is 4.88. The summed E-state index contributed by atoms with van der Waals surface area (Å²) in [5.74, 6) is -0.127. The molecule has 1 aliphatic carbocycles. The van der Waals surface area contributed by atoms with E-state index < -0.39 is 17.5 Å². The van der Waals surface area contributed by atoms with E-state index in [0.717, 1.165) is 22.4 Å². The number of nitrogens with one attached hydrogen (secondary N) is 1. The van der Waals surface area contributed by atoms with Crippen molar-refractivity contribution in [2.45, 2.75) is 59.4 Å². The van der Waals surface area contributed by atoms with Gasteiger partial charge < -0.3 is 10.1 Å². The number of carbonyl (C=O) groups excluding carboxylic acids is 3. The first-order valence-electron chi connectivity index (χ1n) is 9.44. The van der Waals surface area contributed by atoms with Gasteiger partial charge in [0.05, 0.1) is 0 Å². The number of urea groups is 1. The Morgan fingerprint density at radius 2 is 1.85 bits per heavy atom. The van der Waals surface area contributed by atoms with E-state index >= 15 is 0 Å². The molecule has 2 atom stereocenters. The van der Waals surface area contributed by atoms with Gasteiger partial charge in [-0.15, -0.1) is 0 Å². The molecule has 3 amide bonds. The number of hydrogen-bond acceptors (Lipinski definition) is 4. The first-order valence-corrected chi connectivity index (χ1v) is 9.44. The van der Waals surface area contributed by atoms with Gasteiger partial charge in [0.25, 0.3) is 5.91 Å². The first-order chi connectivity index (χ1) is 12.5. The Bertz CT molecular complexity index is 781. The third kappa shape index (κ3) is 3.70. The Balaban J connectivity index is 1.75. The summed E-state index contributed by atoms with van der Waals surface area (Å²) >= 11 is 0. The van der Waals surface area contributed by atoms with Crippen LogP contribution in [0.3, 0.4) is 0 Å². The maximum absolute atomic E-state index is 13.1. The minimum Gasteiger partial charge on any atom is -0.425 e. The highest BCUT2D eigenvalue weighted by Crippen LogP contribution is 2.46. The Labute approximate surface area is 160 Å². The Hall–Kier alpha value is -2.37. The standard InChI is InChI=1S/C21H28N2O4/c1-13-9-20(4,5)12-21(10-13)18(25)23(19(26)22-21)11-16(24)27-17-14(2)7-6-8-15(17)3/h6-8,13H,9-12H2,1-5H3,(H,22,26)/t13-,21+/m0/s1. The second-order valence-electron chi connectivity index (χ2n) is 8.95. The lowest BCUT2D eigenvalue weighted by molar-refractivity contribution is -0.142. The molecule has 0 radical (unpaired) electrons. The van der Waals surface area contributed by atoms with E-state index in [-0.39, 0.29) is 17.9 Å². The first kappa shape index (κ1) is 19.4. The van der Waals surface area contributed by atoms with Crippen LogP contribution in [-0.2, 0) is 9.59 Å². The van der Waals surface area contributed by atoms with Crippen molar-refractivity contribution in [2.24, 2.45) is 11.3 Å². The zero-order valence-electron chi connectivity index (χ0n) is 16.7. The molecule has 1 aromatic carbocycles. The van der Waals surface area contributed by atoms with Crippen LogP contribution in [0.4, 0.5) is 4.79 Å².